The van der Waals surface area contributed by atoms with Gasteiger partial charge in [0.15, 0.2) is 17.1 Å². The molecule has 10 nitrogen and oxygen atoms in total. The highest BCUT2D eigenvalue weighted by Gasteiger charge is 2.20. The standard InChI is InChI=1S/C41H36N4O6S/c1-4-37(40(48)42-29-20-18-28(19-21-29)41-45-32-15-8-9-16-34(32)51-41)52-31-14-10-13-30(25-31)43-39(47)33(44-38(46)27-11-6-5-7-12-27)23-26-17-22-35(49-2)36(24-26)50-3/h5-25,37H,4H2,1-3H3,(H,42,48)(H,43,47)(H,44,46)/b33-23+. The zero-order valence-corrected chi connectivity index (χ0v) is 29.5. The molecule has 5 aromatic carbocycles. The van der Waals surface area contributed by atoms with Crippen molar-refractivity contribution in [1.29, 1.82) is 0 Å². The van der Waals surface area contributed by atoms with E-state index >= 15 is 0 Å². The van der Waals surface area contributed by atoms with Gasteiger partial charge < -0.3 is 29.8 Å². The third kappa shape index (κ3) is 8.69. The summed E-state index contributed by atoms with van der Waals surface area (Å²) >= 11 is 1.39. The molecule has 6 aromatic rings. The molecule has 0 fully saturated rings. The van der Waals surface area contributed by atoms with Gasteiger partial charge in [0.1, 0.15) is 11.2 Å². The van der Waals surface area contributed by atoms with Gasteiger partial charge in [-0.1, -0.05) is 49.4 Å². The van der Waals surface area contributed by atoms with Crippen LogP contribution in [0.25, 0.3) is 28.6 Å². The molecular formula is C41H36N4O6S. The largest absolute Gasteiger partial charge is 0.493 e. The molecule has 0 aliphatic rings. The van der Waals surface area contributed by atoms with Gasteiger partial charge in [0, 0.05) is 27.4 Å². The van der Waals surface area contributed by atoms with Crippen LogP contribution < -0.4 is 25.4 Å². The van der Waals surface area contributed by atoms with Crippen LogP contribution in [0.2, 0.25) is 0 Å². The summed E-state index contributed by atoms with van der Waals surface area (Å²) in [4.78, 5) is 45.5. The van der Waals surface area contributed by atoms with Crippen LogP contribution in [0.1, 0.15) is 29.3 Å². The third-order valence-corrected chi connectivity index (χ3v) is 9.33. The fraction of sp³-hybridized carbons (Fsp3) is 0.122. The molecule has 0 spiro atoms. The Balaban J connectivity index is 1.14. The molecule has 11 heteroatoms. The maximum absolute atomic E-state index is 13.7. The lowest BCUT2D eigenvalue weighted by Gasteiger charge is -2.16. The van der Waals surface area contributed by atoms with Crippen molar-refractivity contribution < 1.29 is 28.3 Å². The van der Waals surface area contributed by atoms with Gasteiger partial charge in [0.2, 0.25) is 11.8 Å². The summed E-state index contributed by atoms with van der Waals surface area (Å²) in [7, 11) is 3.06. The quantitative estimate of drug-likeness (QED) is 0.0804. The number of hydrogen-bond donors (Lipinski definition) is 3. The topological polar surface area (TPSA) is 132 Å². The Labute approximate surface area is 305 Å². The number of hydrogen-bond acceptors (Lipinski definition) is 8. The molecule has 3 amide bonds. The highest BCUT2D eigenvalue weighted by molar-refractivity contribution is 8.00. The van der Waals surface area contributed by atoms with E-state index in [9.17, 15) is 14.4 Å². The van der Waals surface area contributed by atoms with Crippen LogP contribution in [-0.4, -0.2) is 42.2 Å². The van der Waals surface area contributed by atoms with Gasteiger partial charge in [0.25, 0.3) is 11.8 Å². The Morgan fingerprint density at radius 3 is 2.27 bits per heavy atom. The number of carbonyl (C=O) groups excluding carboxylic acids is 3. The normalized spacial score (nSPS) is 11.8. The molecule has 0 bridgehead atoms. The molecule has 1 unspecified atom stereocenters. The molecule has 1 aromatic heterocycles. The van der Waals surface area contributed by atoms with E-state index in [0.29, 0.717) is 51.9 Å². The van der Waals surface area contributed by atoms with Crippen LogP contribution in [0.3, 0.4) is 0 Å². The van der Waals surface area contributed by atoms with E-state index in [2.05, 4.69) is 20.9 Å². The smallest absolute Gasteiger partial charge is 0.272 e. The highest BCUT2D eigenvalue weighted by atomic mass is 32.2. The number of oxazole rings is 1. The van der Waals surface area contributed by atoms with Crippen molar-refractivity contribution in [1.82, 2.24) is 10.3 Å². The minimum absolute atomic E-state index is 0.0204. The van der Waals surface area contributed by atoms with E-state index in [-0.39, 0.29) is 11.6 Å². The predicted octanol–water partition coefficient (Wildman–Crippen LogP) is 8.43. The first-order chi connectivity index (χ1) is 25.3. The summed E-state index contributed by atoms with van der Waals surface area (Å²) in [5, 5.41) is 8.24. The molecule has 3 N–H and O–H groups in total. The number of thioether (sulfide) groups is 1. The number of fused-ring (bicyclic) bond motifs is 1. The summed E-state index contributed by atoms with van der Waals surface area (Å²) in [6.45, 7) is 1.94. The maximum atomic E-state index is 13.7. The molecule has 0 saturated heterocycles. The Kier molecular flexibility index (Phi) is 11.3. The number of rotatable bonds is 13. The number of methoxy groups -OCH3 is 2. The number of nitrogens with one attached hydrogen (secondary N) is 3. The highest BCUT2D eigenvalue weighted by Crippen LogP contribution is 2.31. The van der Waals surface area contributed by atoms with Gasteiger partial charge in [0.05, 0.1) is 19.5 Å². The zero-order chi connectivity index (χ0) is 36.5. The number of benzene rings is 5. The van der Waals surface area contributed by atoms with Crippen LogP contribution in [-0.2, 0) is 9.59 Å². The van der Waals surface area contributed by atoms with Crippen molar-refractivity contribution in [2.24, 2.45) is 0 Å². The van der Waals surface area contributed by atoms with Crippen molar-refractivity contribution in [3.8, 4) is 23.0 Å². The van der Waals surface area contributed by atoms with E-state index in [4.69, 9.17) is 13.9 Å². The molecule has 0 saturated carbocycles. The van der Waals surface area contributed by atoms with Gasteiger partial charge in [-0.05, 0) is 96.9 Å². The second kappa shape index (κ2) is 16.6. The van der Waals surface area contributed by atoms with E-state index in [1.165, 1.54) is 26.0 Å². The van der Waals surface area contributed by atoms with Crippen molar-refractivity contribution in [3.05, 3.63) is 138 Å². The number of nitrogens with zero attached hydrogens (tertiary/aromatic N) is 1. The fourth-order valence-electron chi connectivity index (χ4n) is 5.30. The summed E-state index contributed by atoms with van der Waals surface area (Å²) < 4.78 is 16.6. The Bertz CT molecular complexity index is 2200. The van der Waals surface area contributed by atoms with Crippen molar-refractivity contribution in [3.63, 3.8) is 0 Å². The van der Waals surface area contributed by atoms with Crippen LogP contribution in [0, 0.1) is 0 Å². The number of amides is 3. The number of ether oxygens (including phenoxy) is 2. The van der Waals surface area contributed by atoms with Gasteiger partial charge in [-0.15, -0.1) is 11.8 Å². The lowest BCUT2D eigenvalue weighted by atomic mass is 10.1. The maximum Gasteiger partial charge on any atom is 0.272 e. The summed E-state index contributed by atoms with van der Waals surface area (Å²) in [5.74, 6) is 0.385. The van der Waals surface area contributed by atoms with Gasteiger partial charge in [-0.3, -0.25) is 14.4 Å². The van der Waals surface area contributed by atoms with E-state index in [0.717, 1.165) is 16.0 Å². The summed E-state index contributed by atoms with van der Waals surface area (Å²) in [6, 6.07) is 35.9. The number of para-hydroxylation sites is 2. The number of carbonyl (C=O) groups is 3. The predicted molar refractivity (Wildman–Crippen MR) is 205 cm³/mol. The zero-order valence-electron chi connectivity index (χ0n) is 28.7. The second-order valence-electron chi connectivity index (χ2n) is 11.5. The number of aromatic nitrogens is 1. The van der Waals surface area contributed by atoms with E-state index < -0.39 is 17.1 Å². The first-order valence-corrected chi connectivity index (χ1v) is 17.4. The Hall–Kier alpha value is -6.33. The van der Waals surface area contributed by atoms with Gasteiger partial charge in [-0.2, -0.15) is 0 Å². The molecule has 1 atom stereocenters. The third-order valence-electron chi connectivity index (χ3n) is 7.97. The number of anilines is 2. The van der Waals surface area contributed by atoms with Crippen molar-refractivity contribution >= 4 is 58.0 Å². The lowest BCUT2D eigenvalue weighted by Crippen LogP contribution is -2.30. The Morgan fingerprint density at radius 2 is 1.54 bits per heavy atom. The molecule has 1 heterocycles. The second-order valence-corrected chi connectivity index (χ2v) is 12.8. The summed E-state index contributed by atoms with van der Waals surface area (Å²) in [5.41, 5.74) is 4.46. The van der Waals surface area contributed by atoms with Gasteiger partial charge in [-0.25, -0.2) is 4.98 Å². The first kappa shape index (κ1) is 35.5. The molecule has 0 radical (unpaired) electrons. The van der Waals surface area contributed by atoms with Crippen molar-refractivity contribution in [2.45, 2.75) is 23.5 Å². The SMILES string of the molecule is CCC(Sc1cccc(NC(=O)/C(=C\c2ccc(OC)c(OC)c2)NC(=O)c2ccccc2)c1)C(=O)Nc1ccc(-c2nc3ccccc3o2)cc1. The lowest BCUT2D eigenvalue weighted by molar-refractivity contribution is -0.116. The minimum atomic E-state index is -0.535. The molecule has 6 rings (SSSR count). The fourth-order valence-corrected chi connectivity index (χ4v) is 6.31. The first-order valence-electron chi connectivity index (χ1n) is 16.5. The molecule has 262 valence electrons. The monoisotopic (exact) mass is 712 g/mol. The molecular weight excluding hydrogens is 677 g/mol. The van der Waals surface area contributed by atoms with E-state index in [1.54, 1.807) is 72.8 Å². The van der Waals surface area contributed by atoms with Gasteiger partial charge >= 0.3 is 0 Å². The van der Waals surface area contributed by atoms with Crippen LogP contribution in [0.5, 0.6) is 11.5 Å². The van der Waals surface area contributed by atoms with Crippen LogP contribution >= 0.6 is 11.8 Å². The Morgan fingerprint density at radius 1 is 0.788 bits per heavy atom. The average Bonchev–Trinajstić information content (AvgIpc) is 3.62. The molecule has 0 aliphatic carbocycles. The minimum Gasteiger partial charge on any atom is -0.493 e. The summed E-state index contributed by atoms with van der Waals surface area (Å²) in [6.07, 6.45) is 2.13. The van der Waals surface area contributed by atoms with Crippen molar-refractivity contribution in [2.75, 3.05) is 24.9 Å². The average molecular weight is 713 g/mol. The van der Waals surface area contributed by atoms with Crippen LogP contribution in [0.15, 0.2) is 136 Å². The molecule has 0 aliphatic heterocycles. The van der Waals surface area contributed by atoms with E-state index in [1.807, 2.05) is 61.5 Å². The van der Waals surface area contributed by atoms with Crippen LogP contribution in [0.4, 0.5) is 11.4 Å². The molecule has 52 heavy (non-hydrogen) atoms.